The van der Waals surface area contributed by atoms with Crippen molar-refractivity contribution in [2.24, 2.45) is 7.05 Å². The number of esters is 1. The molecule has 0 saturated heterocycles. The maximum atomic E-state index is 12.1. The maximum Gasteiger partial charge on any atom is 0.343 e. The van der Waals surface area contributed by atoms with E-state index in [1.807, 2.05) is 31.2 Å². The Morgan fingerprint density at radius 3 is 2.56 bits per heavy atom. The van der Waals surface area contributed by atoms with Gasteiger partial charge in [0.2, 0.25) is 5.91 Å². The molecule has 0 fully saturated rings. The molecule has 0 unspecified atom stereocenters. The molecular weight excluding hydrogens is 322 g/mol. The van der Waals surface area contributed by atoms with Crippen molar-refractivity contribution < 1.29 is 19.1 Å². The van der Waals surface area contributed by atoms with Crippen molar-refractivity contribution in [3.63, 3.8) is 0 Å². The van der Waals surface area contributed by atoms with Gasteiger partial charge in [0, 0.05) is 13.1 Å². The zero-order chi connectivity index (χ0) is 18.2. The normalized spacial score (nSPS) is 10.7. The smallest absolute Gasteiger partial charge is 0.343 e. The highest BCUT2D eigenvalue weighted by atomic mass is 16.5. The van der Waals surface area contributed by atoms with Gasteiger partial charge in [0.15, 0.2) is 0 Å². The van der Waals surface area contributed by atoms with Crippen molar-refractivity contribution in [2.45, 2.75) is 13.8 Å². The van der Waals surface area contributed by atoms with E-state index in [2.05, 4.69) is 10.4 Å². The molecule has 2 aromatic rings. The molecule has 7 nitrogen and oxygen atoms in total. The molecule has 1 aromatic heterocycles. The summed E-state index contributed by atoms with van der Waals surface area (Å²) in [6.07, 6.45) is 4.42. The molecule has 0 saturated carbocycles. The summed E-state index contributed by atoms with van der Waals surface area (Å²) in [6.45, 7) is 4.48. The van der Waals surface area contributed by atoms with Crippen molar-refractivity contribution in [1.82, 2.24) is 9.78 Å². The number of ether oxygens (including phenoxy) is 2. The molecule has 0 aliphatic heterocycles. The highest BCUT2D eigenvalue weighted by Gasteiger charge is 2.18. The fourth-order valence-electron chi connectivity index (χ4n) is 2.12. The lowest BCUT2D eigenvalue weighted by Gasteiger charge is -2.06. The van der Waals surface area contributed by atoms with E-state index in [-0.39, 0.29) is 18.1 Å². The topological polar surface area (TPSA) is 82.5 Å². The molecule has 1 heterocycles. The quantitative estimate of drug-likeness (QED) is 0.617. The van der Waals surface area contributed by atoms with Gasteiger partial charge < -0.3 is 14.8 Å². The van der Waals surface area contributed by atoms with Crippen LogP contribution >= 0.6 is 0 Å². The Hall–Kier alpha value is -3.09. The van der Waals surface area contributed by atoms with Crippen LogP contribution < -0.4 is 10.1 Å². The third-order valence-corrected chi connectivity index (χ3v) is 3.29. The highest BCUT2D eigenvalue weighted by Crippen LogP contribution is 2.16. The second kappa shape index (κ2) is 8.68. The minimum Gasteiger partial charge on any atom is -0.494 e. The summed E-state index contributed by atoms with van der Waals surface area (Å²) in [5.74, 6) is 0.169. The number of amides is 1. The summed E-state index contributed by atoms with van der Waals surface area (Å²) in [4.78, 5) is 24.0. The van der Waals surface area contributed by atoms with Gasteiger partial charge in [-0.25, -0.2) is 4.79 Å². The van der Waals surface area contributed by atoms with Crippen LogP contribution in [0.3, 0.4) is 0 Å². The Morgan fingerprint density at radius 1 is 1.20 bits per heavy atom. The Balaban J connectivity index is 2.05. The molecule has 0 radical (unpaired) electrons. The molecule has 0 spiro atoms. The Labute approximate surface area is 146 Å². The molecular formula is C18H21N3O4. The minimum absolute atomic E-state index is 0.215. The first kappa shape index (κ1) is 18.3. The molecule has 25 heavy (non-hydrogen) atoms. The van der Waals surface area contributed by atoms with Crippen LogP contribution in [0, 0.1) is 0 Å². The van der Waals surface area contributed by atoms with Crippen LogP contribution in [-0.4, -0.2) is 34.9 Å². The average Bonchev–Trinajstić information content (AvgIpc) is 2.95. The number of nitrogens with one attached hydrogen (secondary N) is 1. The van der Waals surface area contributed by atoms with Gasteiger partial charge in [0.05, 0.1) is 19.4 Å². The van der Waals surface area contributed by atoms with Crippen LogP contribution in [0.2, 0.25) is 0 Å². The number of hydrogen-bond donors (Lipinski definition) is 1. The van der Waals surface area contributed by atoms with E-state index in [9.17, 15) is 9.59 Å². The molecule has 7 heteroatoms. The number of hydrogen-bond acceptors (Lipinski definition) is 5. The van der Waals surface area contributed by atoms with E-state index in [1.165, 1.54) is 17.0 Å². The van der Waals surface area contributed by atoms with Crippen molar-refractivity contribution >= 4 is 23.8 Å². The van der Waals surface area contributed by atoms with E-state index in [4.69, 9.17) is 9.47 Å². The summed E-state index contributed by atoms with van der Waals surface area (Å²) in [5, 5.41) is 6.63. The van der Waals surface area contributed by atoms with E-state index >= 15 is 0 Å². The molecule has 132 valence electrons. The summed E-state index contributed by atoms with van der Waals surface area (Å²) in [7, 11) is 1.63. The number of carbonyl (C=O) groups is 2. The Morgan fingerprint density at radius 2 is 1.92 bits per heavy atom. The third-order valence-electron chi connectivity index (χ3n) is 3.29. The summed E-state index contributed by atoms with van der Waals surface area (Å²) < 4.78 is 11.7. The standard InChI is InChI=1S/C18H21N3O4/c1-4-24-14-9-6-13(7-10-14)8-11-16(22)20-17-15(12-19-21(17)3)18(23)25-5-2/h6-12H,4-5H2,1-3H3,(H,20,22)/b11-8+. The maximum absolute atomic E-state index is 12.1. The fraction of sp³-hybridized carbons (Fsp3) is 0.278. The van der Waals surface area contributed by atoms with Crippen molar-refractivity contribution in [2.75, 3.05) is 18.5 Å². The molecule has 0 aliphatic carbocycles. The van der Waals surface area contributed by atoms with Gasteiger partial charge >= 0.3 is 5.97 Å². The van der Waals surface area contributed by atoms with Gasteiger partial charge in [-0.1, -0.05) is 12.1 Å². The lowest BCUT2D eigenvalue weighted by molar-refractivity contribution is -0.111. The van der Waals surface area contributed by atoms with E-state index in [1.54, 1.807) is 20.0 Å². The molecule has 0 aliphatic rings. The fourth-order valence-corrected chi connectivity index (χ4v) is 2.12. The molecule has 1 N–H and O–H groups in total. The van der Waals surface area contributed by atoms with Gasteiger partial charge in [0.1, 0.15) is 17.1 Å². The lowest BCUT2D eigenvalue weighted by Crippen LogP contribution is -2.15. The van der Waals surface area contributed by atoms with Crippen LogP contribution in [0.5, 0.6) is 5.75 Å². The van der Waals surface area contributed by atoms with Crippen molar-refractivity contribution in [3.8, 4) is 5.75 Å². The molecule has 0 atom stereocenters. The predicted molar refractivity (Wildman–Crippen MR) is 94.4 cm³/mol. The number of rotatable bonds is 7. The van der Waals surface area contributed by atoms with Crippen LogP contribution in [-0.2, 0) is 16.6 Å². The lowest BCUT2D eigenvalue weighted by atomic mass is 10.2. The van der Waals surface area contributed by atoms with Gasteiger partial charge in [0.25, 0.3) is 0 Å². The Kier molecular flexibility index (Phi) is 6.33. The summed E-state index contributed by atoms with van der Waals surface area (Å²) >= 11 is 0. The SMILES string of the molecule is CCOC(=O)c1cnn(C)c1NC(=O)/C=C/c1ccc(OCC)cc1. The van der Waals surface area contributed by atoms with Gasteiger partial charge in [-0.05, 0) is 37.6 Å². The van der Waals surface area contributed by atoms with Crippen LogP contribution in [0.25, 0.3) is 6.08 Å². The second-order valence-corrected chi connectivity index (χ2v) is 5.08. The summed E-state index contributed by atoms with van der Waals surface area (Å²) in [5.41, 5.74) is 1.07. The van der Waals surface area contributed by atoms with Crippen molar-refractivity contribution in [1.29, 1.82) is 0 Å². The first-order valence-corrected chi connectivity index (χ1v) is 7.96. The zero-order valence-electron chi connectivity index (χ0n) is 14.5. The largest absolute Gasteiger partial charge is 0.494 e. The molecule has 0 bridgehead atoms. The number of benzene rings is 1. The van der Waals surface area contributed by atoms with Crippen LogP contribution in [0.15, 0.2) is 36.5 Å². The van der Waals surface area contributed by atoms with Gasteiger partial charge in [-0.3, -0.25) is 9.48 Å². The monoisotopic (exact) mass is 343 g/mol. The average molecular weight is 343 g/mol. The molecule has 2 rings (SSSR count). The highest BCUT2D eigenvalue weighted by molar-refractivity contribution is 6.05. The number of nitrogens with zero attached hydrogens (tertiary/aromatic N) is 2. The minimum atomic E-state index is -0.526. The number of carbonyl (C=O) groups excluding carboxylic acids is 2. The van der Waals surface area contributed by atoms with E-state index in [0.29, 0.717) is 12.4 Å². The van der Waals surface area contributed by atoms with Gasteiger partial charge in [-0.15, -0.1) is 0 Å². The van der Waals surface area contributed by atoms with E-state index < -0.39 is 5.97 Å². The van der Waals surface area contributed by atoms with E-state index in [0.717, 1.165) is 11.3 Å². The zero-order valence-corrected chi connectivity index (χ0v) is 14.5. The first-order valence-electron chi connectivity index (χ1n) is 7.96. The predicted octanol–water partition coefficient (Wildman–Crippen LogP) is 2.65. The van der Waals surface area contributed by atoms with Crippen molar-refractivity contribution in [3.05, 3.63) is 47.7 Å². The number of aryl methyl sites for hydroxylation is 1. The number of aromatic nitrogens is 2. The molecule has 1 amide bonds. The number of anilines is 1. The third kappa shape index (κ3) is 4.94. The first-order chi connectivity index (χ1) is 12.0. The van der Waals surface area contributed by atoms with Crippen LogP contribution in [0.4, 0.5) is 5.82 Å². The molecule has 1 aromatic carbocycles. The van der Waals surface area contributed by atoms with Crippen LogP contribution in [0.1, 0.15) is 29.8 Å². The summed E-state index contributed by atoms with van der Waals surface area (Å²) in [6, 6.07) is 7.37. The second-order valence-electron chi connectivity index (χ2n) is 5.08. The van der Waals surface area contributed by atoms with Gasteiger partial charge in [-0.2, -0.15) is 5.10 Å². The Bertz CT molecular complexity index is 763.